The fourth-order valence-electron chi connectivity index (χ4n) is 2.31. The maximum atomic E-state index is 12.5. The number of sulfone groups is 1. The fraction of sp³-hybridized carbons (Fsp3) is 0.0769. The minimum absolute atomic E-state index is 0.260. The van der Waals surface area contributed by atoms with Gasteiger partial charge in [-0.2, -0.15) is 0 Å². The molecule has 3 rings (SSSR count). The highest BCUT2D eigenvalue weighted by Crippen LogP contribution is 2.48. The van der Waals surface area contributed by atoms with E-state index in [-0.39, 0.29) is 9.79 Å². The van der Waals surface area contributed by atoms with E-state index >= 15 is 0 Å². The second-order valence-corrected chi connectivity index (χ2v) is 6.83. The third kappa shape index (κ3) is 1.38. The minimum atomic E-state index is -3.51. The molecule has 0 saturated carbocycles. The van der Waals surface area contributed by atoms with E-state index in [1.54, 1.807) is 37.3 Å². The van der Waals surface area contributed by atoms with Crippen LogP contribution in [0.4, 0.5) is 0 Å². The summed E-state index contributed by atoms with van der Waals surface area (Å²) in [5.74, 6) is 0. The lowest BCUT2D eigenvalue weighted by atomic mass is 10.0. The lowest BCUT2D eigenvalue weighted by Crippen LogP contribution is -1.99. The summed E-state index contributed by atoms with van der Waals surface area (Å²) >= 11 is 12.1. The molecular weight excluding hydrogens is 291 g/mol. The largest absolute Gasteiger partial charge is 0.218 e. The van der Waals surface area contributed by atoms with Gasteiger partial charge < -0.3 is 0 Å². The molecule has 0 aliphatic carbocycles. The van der Waals surface area contributed by atoms with E-state index in [4.69, 9.17) is 23.2 Å². The number of hydrogen-bond acceptors (Lipinski definition) is 2. The van der Waals surface area contributed by atoms with Crippen LogP contribution >= 0.6 is 23.2 Å². The third-order valence-corrected chi connectivity index (χ3v) is 5.85. The number of hydrogen-bond donors (Lipinski definition) is 0. The van der Waals surface area contributed by atoms with E-state index in [1.165, 1.54) is 0 Å². The fourth-order valence-corrected chi connectivity index (χ4v) is 4.80. The van der Waals surface area contributed by atoms with Gasteiger partial charge in [0.25, 0.3) is 0 Å². The monoisotopic (exact) mass is 298 g/mol. The third-order valence-electron chi connectivity index (χ3n) is 3.14. The Hall–Kier alpha value is -1.03. The molecule has 0 unspecified atom stereocenters. The molecule has 2 nitrogen and oxygen atoms in total. The Morgan fingerprint density at radius 3 is 2.44 bits per heavy atom. The van der Waals surface area contributed by atoms with Gasteiger partial charge in [-0.1, -0.05) is 35.3 Å². The van der Waals surface area contributed by atoms with Crippen LogP contribution in [0.2, 0.25) is 10.0 Å². The van der Waals surface area contributed by atoms with Gasteiger partial charge in [0.1, 0.15) is 0 Å². The Morgan fingerprint density at radius 1 is 1.00 bits per heavy atom. The average molecular weight is 299 g/mol. The SMILES string of the molecule is Cc1c(Cl)ccc2c1S(=O)(=O)c1cccc(Cl)c1-2. The lowest BCUT2D eigenvalue weighted by molar-refractivity contribution is 0.598. The molecule has 0 radical (unpaired) electrons. The molecule has 1 aliphatic heterocycles. The minimum Gasteiger partial charge on any atom is -0.218 e. The van der Waals surface area contributed by atoms with Crippen LogP contribution in [-0.2, 0) is 9.84 Å². The summed E-state index contributed by atoms with van der Waals surface area (Å²) in [5.41, 5.74) is 1.79. The smallest absolute Gasteiger partial charge is 0.208 e. The zero-order valence-corrected chi connectivity index (χ0v) is 11.7. The summed E-state index contributed by atoms with van der Waals surface area (Å²) in [6.45, 7) is 1.71. The standard InChI is InChI=1S/C13H8Cl2O2S/c1-7-9(14)6-5-8-12-10(15)3-2-4-11(12)18(16,17)13(7)8/h2-6H,1H3. The normalized spacial score (nSPS) is 15.3. The van der Waals surface area contributed by atoms with Crippen molar-refractivity contribution in [2.75, 3.05) is 0 Å². The van der Waals surface area contributed by atoms with Crippen molar-refractivity contribution < 1.29 is 8.42 Å². The predicted octanol–water partition coefficient (Wildman–Crippen LogP) is 4.12. The van der Waals surface area contributed by atoms with E-state index in [9.17, 15) is 8.42 Å². The summed E-state index contributed by atoms with van der Waals surface area (Å²) in [6, 6.07) is 8.31. The van der Waals surface area contributed by atoms with Crippen LogP contribution in [0.3, 0.4) is 0 Å². The van der Waals surface area contributed by atoms with Crippen LogP contribution in [0.15, 0.2) is 40.1 Å². The molecule has 0 fully saturated rings. The predicted molar refractivity (Wildman–Crippen MR) is 72.1 cm³/mol. The van der Waals surface area contributed by atoms with Gasteiger partial charge >= 0.3 is 0 Å². The highest BCUT2D eigenvalue weighted by Gasteiger charge is 2.36. The maximum absolute atomic E-state index is 12.5. The highest BCUT2D eigenvalue weighted by molar-refractivity contribution is 7.92. The van der Waals surface area contributed by atoms with Crippen LogP contribution in [0.5, 0.6) is 0 Å². The first-order valence-electron chi connectivity index (χ1n) is 5.27. The highest BCUT2D eigenvalue weighted by atomic mass is 35.5. The molecule has 0 bridgehead atoms. The van der Waals surface area contributed by atoms with Gasteiger partial charge in [0.2, 0.25) is 9.84 Å². The Labute approximate surface area is 115 Å². The molecule has 1 aliphatic rings. The quantitative estimate of drug-likeness (QED) is 0.626. The van der Waals surface area contributed by atoms with Crippen LogP contribution in [0, 0.1) is 6.92 Å². The van der Waals surface area contributed by atoms with Crippen molar-refractivity contribution in [3.63, 3.8) is 0 Å². The van der Waals surface area contributed by atoms with E-state index in [1.807, 2.05) is 0 Å². The van der Waals surface area contributed by atoms with Gasteiger partial charge in [-0.3, -0.25) is 0 Å². The van der Waals surface area contributed by atoms with Gasteiger partial charge in [0.05, 0.1) is 9.79 Å². The average Bonchev–Trinajstić information content (AvgIpc) is 2.55. The van der Waals surface area contributed by atoms with Gasteiger partial charge in [0, 0.05) is 21.2 Å². The summed E-state index contributed by atoms with van der Waals surface area (Å²) in [6.07, 6.45) is 0. The van der Waals surface area contributed by atoms with Gasteiger partial charge in [-0.05, 0) is 30.7 Å². The molecule has 0 saturated heterocycles. The molecule has 0 spiro atoms. The van der Waals surface area contributed by atoms with Crippen LogP contribution in [0.25, 0.3) is 11.1 Å². The molecule has 92 valence electrons. The molecule has 2 aromatic rings. The first kappa shape index (κ1) is 12.0. The van der Waals surface area contributed by atoms with Crippen LogP contribution in [-0.4, -0.2) is 8.42 Å². The topological polar surface area (TPSA) is 34.1 Å². The zero-order chi connectivity index (χ0) is 13.1. The Balaban J connectivity index is 2.56. The first-order chi connectivity index (χ1) is 8.44. The number of fused-ring (bicyclic) bond motifs is 3. The van der Waals surface area contributed by atoms with E-state index < -0.39 is 9.84 Å². The molecule has 18 heavy (non-hydrogen) atoms. The van der Waals surface area contributed by atoms with Crippen molar-refractivity contribution >= 4 is 33.0 Å². The van der Waals surface area contributed by atoms with E-state index in [0.29, 0.717) is 26.7 Å². The van der Waals surface area contributed by atoms with Gasteiger partial charge in [0.15, 0.2) is 0 Å². The van der Waals surface area contributed by atoms with Gasteiger partial charge in [-0.15, -0.1) is 0 Å². The molecule has 0 N–H and O–H groups in total. The second-order valence-electron chi connectivity index (χ2n) is 4.17. The summed E-state index contributed by atoms with van der Waals surface area (Å²) < 4.78 is 25.0. The van der Waals surface area contributed by atoms with Crippen molar-refractivity contribution in [1.82, 2.24) is 0 Å². The number of benzene rings is 2. The lowest BCUT2D eigenvalue weighted by Gasteiger charge is -2.05. The summed E-state index contributed by atoms with van der Waals surface area (Å²) in [4.78, 5) is 0.536. The number of rotatable bonds is 0. The Morgan fingerprint density at radius 2 is 1.72 bits per heavy atom. The van der Waals surface area contributed by atoms with Crippen molar-refractivity contribution in [2.24, 2.45) is 0 Å². The first-order valence-corrected chi connectivity index (χ1v) is 7.51. The zero-order valence-electron chi connectivity index (χ0n) is 9.37. The van der Waals surface area contributed by atoms with Crippen molar-refractivity contribution in [3.05, 3.63) is 45.9 Å². The van der Waals surface area contributed by atoms with Crippen LogP contribution < -0.4 is 0 Å². The molecule has 0 amide bonds. The van der Waals surface area contributed by atoms with Crippen molar-refractivity contribution in [1.29, 1.82) is 0 Å². The molecular formula is C13H8Cl2O2S. The molecule has 0 atom stereocenters. The van der Waals surface area contributed by atoms with E-state index in [0.717, 1.165) is 0 Å². The van der Waals surface area contributed by atoms with Crippen molar-refractivity contribution in [3.8, 4) is 11.1 Å². The van der Waals surface area contributed by atoms with Gasteiger partial charge in [-0.25, -0.2) is 8.42 Å². The molecule has 5 heteroatoms. The van der Waals surface area contributed by atoms with Crippen molar-refractivity contribution in [2.45, 2.75) is 16.7 Å². The molecule has 1 heterocycles. The molecule has 2 aromatic carbocycles. The maximum Gasteiger partial charge on any atom is 0.208 e. The Bertz CT molecular complexity index is 780. The summed E-state index contributed by atoms with van der Waals surface area (Å²) in [7, 11) is -3.51. The second kappa shape index (κ2) is 3.73. The Kier molecular flexibility index (Phi) is 2.49. The van der Waals surface area contributed by atoms with Crippen LogP contribution in [0.1, 0.15) is 5.56 Å². The van der Waals surface area contributed by atoms with E-state index in [2.05, 4.69) is 0 Å². The number of halogens is 2. The molecule has 0 aromatic heterocycles. The summed E-state index contributed by atoms with van der Waals surface area (Å²) in [5, 5.41) is 0.887.